The topological polar surface area (TPSA) is 120 Å². The van der Waals surface area contributed by atoms with E-state index in [-0.39, 0.29) is 11.7 Å². The molecule has 27 heavy (non-hydrogen) atoms. The molecule has 1 atom stereocenters. The first kappa shape index (κ1) is 19.3. The molecule has 0 spiro atoms. The predicted molar refractivity (Wildman–Crippen MR) is 104 cm³/mol. The normalized spacial score (nSPS) is 19.7. The number of hydrogen-bond acceptors (Lipinski definition) is 9. The zero-order valence-corrected chi connectivity index (χ0v) is 16.8. The van der Waals surface area contributed by atoms with Crippen LogP contribution in [0.25, 0.3) is 0 Å². The Balaban J connectivity index is 1.74. The molecule has 1 aromatic heterocycles. The lowest BCUT2D eigenvalue weighted by molar-refractivity contribution is -0.407. The Morgan fingerprint density at radius 3 is 2.74 bits per heavy atom. The predicted octanol–water partition coefficient (Wildman–Crippen LogP) is 0.852. The fourth-order valence-electron chi connectivity index (χ4n) is 2.54. The number of hydrogen-bond donors (Lipinski definition) is 1. The smallest absolute Gasteiger partial charge is 0.300 e. The number of nitrogens with one attached hydrogen (secondary N) is 1. The van der Waals surface area contributed by atoms with Crippen LogP contribution in [0.4, 0.5) is 9.93 Å². The Bertz CT molecular complexity index is 918. The minimum absolute atomic E-state index is 0.0472. The summed E-state index contributed by atoms with van der Waals surface area (Å²) in [4.78, 5) is 46.5. The molecule has 1 aromatic rings. The minimum Gasteiger partial charge on any atom is -0.300 e. The van der Waals surface area contributed by atoms with Crippen LogP contribution in [0.1, 0.15) is 18.9 Å². The lowest BCUT2D eigenvalue weighted by Crippen LogP contribution is -2.54. The molecule has 1 N–H and O–H groups in total. The third-order valence-corrected chi connectivity index (χ3v) is 5.93. The molecule has 4 amide bonds. The van der Waals surface area contributed by atoms with Gasteiger partial charge >= 0.3 is 11.9 Å². The number of imide groups is 1. The number of carbonyl (C=O) groups is 3. The van der Waals surface area contributed by atoms with Crippen molar-refractivity contribution in [3.8, 4) is 0 Å². The van der Waals surface area contributed by atoms with Crippen LogP contribution in [-0.4, -0.2) is 74.1 Å². The maximum absolute atomic E-state index is 12.6. The van der Waals surface area contributed by atoms with E-state index >= 15 is 0 Å². The van der Waals surface area contributed by atoms with E-state index in [1.807, 2.05) is 6.92 Å². The molecule has 0 bridgehead atoms. The van der Waals surface area contributed by atoms with E-state index in [1.54, 1.807) is 14.0 Å². The summed E-state index contributed by atoms with van der Waals surface area (Å²) in [5, 5.41) is 12.3. The number of nitrogens with zero attached hydrogens (tertiary/aromatic N) is 6. The van der Waals surface area contributed by atoms with Crippen LogP contribution >= 0.6 is 23.1 Å². The summed E-state index contributed by atoms with van der Waals surface area (Å²) >= 11 is 2.46. The molecular weight excluding hydrogens is 390 g/mol. The number of amides is 4. The third-order valence-electron chi connectivity index (χ3n) is 3.92. The van der Waals surface area contributed by atoms with E-state index in [9.17, 15) is 14.4 Å². The third kappa shape index (κ3) is 3.81. The van der Waals surface area contributed by atoms with Crippen molar-refractivity contribution < 1.29 is 19.0 Å². The SMILES string of the molecule is CCc1nnc(NC(=O)CSC2=NC(C)=NC3=[N+](C)C(=O)N(C)C(=O)C23)s1. The van der Waals surface area contributed by atoms with Crippen molar-refractivity contribution >= 4 is 62.8 Å². The summed E-state index contributed by atoms with van der Waals surface area (Å²) in [5.41, 5.74) is 0. The number of fused-ring (bicyclic) bond motifs is 1. The first-order valence-electron chi connectivity index (χ1n) is 8.12. The van der Waals surface area contributed by atoms with Gasteiger partial charge < -0.3 is 0 Å². The van der Waals surface area contributed by atoms with E-state index in [4.69, 9.17) is 0 Å². The number of aryl methyl sites for hydroxylation is 1. The first-order chi connectivity index (χ1) is 12.8. The van der Waals surface area contributed by atoms with Gasteiger partial charge in [-0.05, 0) is 6.42 Å². The zero-order valence-electron chi connectivity index (χ0n) is 15.2. The fraction of sp³-hybridized carbons (Fsp3) is 0.467. The molecule has 12 heteroatoms. The zero-order chi connectivity index (χ0) is 19.7. The van der Waals surface area contributed by atoms with E-state index in [0.29, 0.717) is 21.8 Å². The van der Waals surface area contributed by atoms with Crippen LogP contribution in [0.5, 0.6) is 0 Å². The monoisotopic (exact) mass is 408 g/mol. The quantitative estimate of drug-likeness (QED) is 0.738. The summed E-state index contributed by atoms with van der Waals surface area (Å²) in [6.07, 6.45) is 0.750. The average Bonchev–Trinajstić information content (AvgIpc) is 3.09. The summed E-state index contributed by atoms with van der Waals surface area (Å²) in [5.74, 6) is -0.663. The highest BCUT2D eigenvalue weighted by Crippen LogP contribution is 2.25. The molecule has 0 fully saturated rings. The van der Waals surface area contributed by atoms with E-state index in [1.165, 1.54) is 23.0 Å². The summed E-state index contributed by atoms with van der Waals surface area (Å²) in [7, 11) is 2.98. The van der Waals surface area contributed by atoms with Gasteiger partial charge in [0.25, 0.3) is 5.84 Å². The second-order valence-electron chi connectivity index (χ2n) is 5.83. The van der Waals surface area contributed by atoms with Gasteiger partial charge in [-0.15, -0.1) is 10.2 Å². The van der Waals surface area contributed by atoms with Crippen molar-refractivity contribution in [2.75, 3.05) is 25.2 Å². The summed E-state index contributed by atoms with van der Waals surface area (Å²) in [6, 6.07) is -0.449. The largest absolute Gasteiger partial charge is 0.445 e. The number of rotatable bonds is 4. The van der Waals surface area contributed by atoms with Gasteiger partial charge in [-0.2, -0.15) is 9.48 Å². The summed E-state index contributed by atoms with van der Waals surface area (Å²) < 4.78 is 1.33. The molecule has 0 aliphatic carbocycles. The highest BCUT2D eigenvalue weighted by Gasteiger charge is 2.48. The molecular formula is C15H18N7O3S2+. The number of aromatic nitrogens is 2. The number of thioether (sulfide) groups is 1. The van der Waals surface area contributed by atoms with Crippen molar-refractivity contribution in [2.45, 2.75) is 20.3 Å². The molecule has 0 aromatic carbocycles. The van der Waals surface area contributed by atoms with Crippen molar-refractivity contribution in [2.24, 2.45) is 15.9 Å². The van der Waals surface area contributed by atoms with Gasteiger partial charge in [-0.25, -0.2) is 9.79 Å². The van der Waals surface area contributed by atoms with Crippen LogP contribution in [0, 0.1) is 5.92 Å². The van der Waals surface area contributed by atoms with Gasteiger partial charge in [-0.1, -0.05) is 35.0 Å². The Morgan fingerprint density at radius 2 is 2.07 bits per heavy atom. The average molecular weight is 408 g/mol. The van der Waals surface area contributed by atoms with Gasteiger partial charge in [0.1, 0.15) is 10.1 Å². The Morgan fingerprint density at radius 1 is 1.33 bits per heavy atom. The molecule has 3 heterocycles. The van der Waals surface area contributed by atoms with Crippen molar-refractivity contribution in [3.05, 3.63) is 5.01 Å². The van der Waals surface area contributed by atoms with Gasteiger partial charge in [0.05, 0.1) is 19.8 Å². The molecule has 142 valence electrons. The highest BCUT2D eigenvalue weighted by atomic mass is 32.2. The molecule has 2 aliphatic rings. The highest BCUT2D eigenvalue weighted by molar-refractivity contribution is 8.14. The van der Waals surface area contributed by atoms with E-state index in [0.717, 1.165) is 28.1 Å². The Hall–Kier alpha value is -2.47. The lowest BCUT2D eigenvalue weighted by Gasteiger charge is -2.26. The van der Waals surface area contributed by atoms with E-state index in [2.05, 4.69) is 25.5 Å². The van der Waals surface area contributed by atoms with Crippen molar-refractivity contribution in [3.63, 3.8) is 0 Å². The van der Waals surface area contributed by atoms with Gasteiger partial charge in [0.2, 0.25) is 16.9 Å². The number of urea groups is 1. The molecule has 0 saturated carbocycles. The van der Waals surface area contributed by atoms with Gasteiger partial charge in [0.15, 0.2) is 5.92 Å². The maximum atomic E-state index is 12.6. The van der Waals surface area contributed by atoms with Crippen LogP contribution in [0.2, 0.25) is 0 Å². The maximum Gasteiger partial charge on any atom is 0.445 e. The Labute approximate surface area is 163 Å². The molecule has 2 aliphatic heterocycles. The van der Waals surface area contributed by atoms with Crippen LogP contribution < -0.4 is 5.32 Å². The molecule has 10 nitrogen and oxygen atoms in total. The fourth-order valence-corrected chi connectivity index (χ4v) is 4.16. The first-order valence-corrected chi connectivity index (χ1v) is 9.93. The number of amidine groups is 2. The van der Waals surface area contributed by atoms with Gasteiger partial charge in [-0.3, -0.25) is 14.9 Å². The van der Waals surface area contributed by atoms with Crippen molar-refractivity contribution in [1.82, 2.24) is 15.1 Å². The van der Waals surface area contributed by atoms with E-state index < -0.39 is 17.9 Å². The molecule has 0 saturated heterocycles. The number of anilines is 1. The Kier molecular flexibility index (Phi) is 5.46. The minimum atomic E-state index is -0.785. The summed E-state index contributed by atoms with van der Waals surface area (Å²) in [6.45, 7) is 3.64. The molecule has 1 unspecified atom stereocenters. The van der Waals surface area contributed by atoms with Crippen molar-refractivity contribution in [1.29, 1.82) is 0 Å². The van der Waals surface area contributed by atoms with Crippen LogP contribution in [0.15, 0.2) is 9.98 Å². The molecule has 0 radical (unpaired) electrons. The van der Waals surface area contributed by atoms with Crippen LogP contribution in [-0.2, 0) is 16.0 Å². The van der Waals surface area contributed by atoms with Crippen LogP contribution in [0.3, 0.4) is 0 Å². The number of carbonyl (C=O) groups excluding carboxylic acids is 3. The van der Waals surface area contributed by atoms with Gasteiger partial charge in [0, 0.05) is 6.92 Å². The second kappa shape index (κ2) is 7.64. The second-order valence-corrected chi connectivity index (χ2v) is 7.89. The number of aliphatic imine (C=N–C) groups is 2. The standard InChI is InChI=1S/C15H17N7O3S2/c1-5-9-19-20-14(27-9)18-8(23)6-26-12-10-11(16-7(2)17-12)21(3)15(25)22(4)13(10)24/h10H,5-6H2,1-4H3/p+1. The molecule has 3 rings (SSSR count). The lowest BCUT2D eigenvalue weighted by atomic mass is 10.1.